The Morgan fingerprint density at radius 3 is 1.69 bits per heavy atom. The zero-order chi connectivity index (χ0) is 19.3. The normalized spacial score (nSPS) is 9.62. The van der Waals surface area contributed by atoms with Crippen LogP contribution in [-0.4, -0.2) is 19.1 Å². The van der Waals surface area contributed by atoms with Gasteiger partial charge in [-0.05, 0) is 19.0 Å². The van der Waals surface area contributed by atoms with E-state index in [1.54, 1.807) is 13.8 Å². The summed E-state index contributed by atoms with van der Waals surface area (Å²) >= 11 is 0. The van der Waals surface area contributed by atoms with E-state index in [1.165, 1.54) is 4.57 Å². The third-order valence-electron chi connectivity index (χ3n) is 3.21. The van der Waals surface area contributed by atoms with Crippen LogP contribution in [0.3, 0.4) is 0 Å². The van der Waals surface area contributed by atoms with Crippen LogP contribution in [-0.2, 0) is 13.1 Å². The number of nitrogen functional groups attached to an aromatic ring is 3. The van der Waals surface area contributed by atoms with Gasteiger partial charge in [0.25, 0.3) is 11.1 Å². The number of nitroso groups, excluding NO2 is 1. The van der Waals surface area contributed by atoms with E-state index in [0.29, 0.717) is 6.54 Å². The SMILES string of the molecule is CCn1c(N)c(N)c(=O)[nH]c1=O.CCn1c(N)c(N=O)c(=O)[nH]c1=O.Cl. The summed E-state index contributed by atoms with van der Waals surface area (Å²) in [6, 6.07) is 0. The highest BCUT2D eigenvalue weighted by atomic mass is 35.5. The minimum Gasteiger partial charge on any atom is -0.391 e. The number of halogens is 1. The highest BCUT2D eigenvalue weighted by Crippen LogP contribution is 2.12. The number of aromatic nitrogens is 4. The average Bonchev–Trinajstić information content (AvgIpc) is 2.54. The summed E-state index contributed by atoms with van der Waals surface area (Å²) in [4.78, 5) is 58.0. The fraction of sp³-hybridized carbons (Fsp3) is 0.333. The molecule has 0 bridgehead atoms. The molecular weight excluding hydrogens is 372 g/mol. The first-order valence-corrected chi connectivity index (χ1v) is 7.03. The summed E-state index contributed by atoms with van der Waals surface area (Å²) in [6.07, 6.45) is 0. The van der Waals surface area contributed by atoms with Crippen LogP contribution in [0.1, 0.15) is 13.8 Å². The van der Waals surface area contributed by atoms with E-state index in [1.807, 2.05) is 9.97 Å². The number of hydrogen-bond donors (Lipinski definition) is 5. The third kappa shape index (κ3) is 4.38. The predicted molar refractivity (Wildman–Crippen MR) is 99.9 cm³/mol. The van der Waals surface area contributed by atoms with Crippen molar-refractivity contribution in [2.75, 3.05) is 17.2 Å². The van der Waals surface area contributed by atoms with Crippen molar-refractivity contribution >= 4 is 35.4 Å². The molecule has 2 aromatic rings. The predicted octanol–water partition coefficient (Wildman–Crippen LogP) is -1.32. The van der Waals surface area contributed by atoms with Gasteiger partial charge in [-0.15, -0.1) is 17.3 Å². The van der Waals surface area contributed by atoms with Crippen LogP contribution < -0.4 is 39.7 Å². The molecule has 8 N–H and O–H groups in total. The number of rotatable bonds is 3. The minimum atomic E-state index is -0.859. The molecule has 0 aliphatic carbocycles. The van der Waals surface area contributed by atoms with Crippen LogP contribution >= 0.6 is 12.4 Å². The zero-order valence-corrected chi connectivity index (χ0v) is 14.8. The van der Waals surface area contributed by atoms with E-state index in [-0.39, 0.29) is 36.3 Å². The van der Waals surface area contributed by atoms with Gasteiger partial charge in [-0.3, -0.25) is 28.7 Å². The lowest BCUT2D eigenvalue weighted by Gasteiger charge is -2.06. The molecule has 14 heteroatoms. The zero-order valence-electron chi connectivity index (χ0n) is 13.9. The van der Waals surface area contributed by atoms with E-state index >= 15 is 0 Å². The second kappa shape index (κ2) is 9.22. The lowest BCUT2D eigenvalue weighted by molar-refractivity contribution is 0.706. The molecule has 0 amide bonds. The Bertz CT molecular complexity index is 1020. The summed E-state index contributed by atoms with van der Waals surface area (Å²) < 4.78 is 2.24. The molecule has 2 aromatic heterocycles. The molecule has 13 nitrogen and oxygen atoms in total. The van der Waals surface area contributed by atoms with Crippen LogP contribution in [0.25, 0.3) is 0 Å². The Balaban J connectivity index is 0.000000464. The van der Waals surface area contributed by atoms with Gasteiger partial charge in [-0.2, -0.15) is 0 Å². The van der Waals surface area contributed by atoms with Gasteiger partial charge in [0.05, 0.1) is 0 Å². The molecule has 26 heavy (non-hydrogen) atoms. The van der Waals surface area contributed by atoms with Crippen LogP contribution in [0.15, 0.2) is 24.4 Å². The maximum absolute atomic E-state index is 11.0. The van der Waals surface area contributed by atoms with Gasteiger partial charge in [0.2, 0.25) is 5.69 Å². The van der Waals surface area contributed by atoms with Crippen molar-refractivity contribution in [2.24, 2.45) is 5.18 Å². The van der Waals surface area contributed by atoms with Crippen molar-refractivity contribution in [1.29, 1.82) is 0 Å². The summed E-state index contributed by atoms with van der Waals surface area (Å²) in [5.74, 6) is -0.183. The molecule has 0 fully saturated rings. The Labute approximate surface area is 151 Å². The lowest BCUT2D eigenvalue weighted by atomic mass is 10.4. The Kier molecular flexibility index (Phi) is 8.03. The Morgan fingerprint density at radius 1 is 0.846 bits per heavy atom. The molecule has 0 unspecified atom stereocenters. The van der Waals surface area contributed by atoms with Gasteiger partial charge in [-0.25, -0.2) is 9.59 Å². The topological polar surface area (TPSA) is 217 Å². The molecule has 2 heterocycles. The van der Waals surface area contributed by atoms with Gasteiger partial charge in [0.15, 0.2) is 0 Å². The van der Waals surface area contributed by atoms with E-state index < -0.39 is 28.2 Å². The first-order valence-electron chi connectivity index (χ1n) is 7.03. The molecule has 2 rings (SSSR count). The van der Waals surface area contributed by atoms with E-state index in [4.69, 9.17) is 17.2 Å². The maximum atomic E-state index is 11.0. The molecule has 0 saturated heterocycles. The van der Waals surface area contributed by atoms with E-state index in [9.17, 15) is 24.1 Å². The number of hydrogen-bond acceptors (Lipinski definition) is 9. The van der Waals surface area contributed by atoms with Gasteiger partial charge < -0.3 is 17.2 Å². The third-order valence-corrected chi connectivity index (χ3v) is 3.21. The number of anilines is 3. The molecule has 0 aliphatic rings. The second-order valence-corrected chi connectivity index (χ2v) is 4.63. The lowest BCUT2D eigenvalue weighted by Crippen LogP contribution is -2.33. The molecule has 0 atom stereocenters. The highest BCUT2D eigenvalue weighted by Gasteiger charge is 2.10. The summed E-state index contributed by atoms with van der Waals surface area (Å²) in [7, 11) is 0. The first kappa shape index (κ1) is 22.6. The van der Waals surface area contributed by atoms with Crippen molar-refractivity contribution in [3.63, 3.8) is 0 Å². The molecule has 0 spiro atoms. The standard InChI is InChI=1S/C6H8N4O3.C6H10N4O2.ClH/c1-2-10-4(7)3(9-13)5(11)8-6(10)12;1-2-10-4(8)3(7)5(11)9-6(10)12;/h2,7H2,1H3,(H,8,11,12);2,7-8H2,1H3,(H,9,11,12);1H. The summed E-state index contributed by atoms with van der Waals surface area (Å²) in [5.41, 5.74) is 12.8. The largest absolute Gasteiger partial charge is 0.391 e. The minimum absolute atomic E-state index is 0. The van der Waals surface area contributed by atoms with Crippen molar-refractivity contribution in [1.82, 2.24) is 19.1 Å². The van der Waals surface area contributed by atoms with Crippen LogP contribution in [0.4, 0.5) is 23.0 Å². The van der Waals surface area contributed by atoms with Crippen molar-refractivity contribution in [2.45, 2.75) is 26.9 Å². The average molecular weight is 391 g/mol. The second-order valence-electron chi connectivity index (χ2n) is 4.63. The molecule has 0 saturated carbocycles. The van der Waals surface area contributed by atoms with Crippen LogP contribution in [0.2, 0.25) is 0 Å². The molecule has 0 radical (unpaired) electrons. The molecule has 144 valence electrons. The first-order chi connectivity index (χ1) is 11.7. The molecule has 0 aromatic carbocycles. The fourth-order valence-electron chi connectivity index (χ4n) is 1.90. The molecular formula is C12H19ClN8O5. The van der Waals surface area contributed by atoms with Gasteiger partial charge in [0, 0.05) is 13.1 Å². The summed E-state index contributed by atoms with van der Waals surface area (Å²) in [5, 5.41) is 2.44. The van der Waals surface area contributed by atoms with Gasteiger partial charge in [-0.1, -0.05) is 0 Å². The van der Waals surface area contributed by atoms with E-state index in [0.717, 1.165) is 4.57 Å². The molecule has 0 aliphatic heterocycles. The summed E-state index contributed by atoms with van der Waals surface area (Å²) in [6.45, 7) is 4.04. The number of H-pyrrole nitrogens is 2. The number of aromatic amines is 2. The van der Waals surface area contributed by atoms with Crippen molar-refractivity contribution < 1.29 is 0 Å². The van der Waals surface area contributed by atoms with Crippen molar-refractivity contribution in [3.05, 3.63) is 46.6 Å². The Hall–Kier alpha value is -3.35. The van der Waals surface area contributed by atoms with Gasteiger partial charge in [0.1, 0.15) is 17.3 Å². The van der Waals surface area contributed by atoms with Gasteiger partial charge >= 0.3 is 11.4 Å². The van der Waals surface area contributed by atoms with E-state index in [2.05, 4.69) is 5.18 Å². The number of nitrogens with zero attached hydrogens (tertiary/aromatic N) is 3. The van der Waals surface area contributed by atoms with Crippen LogP contribution in [0, 0.1) is 4.91 Å². The maximum Gasteiger partial charge on any atom is 0.330 e. The highest BCUT2D eigenvalue weighted by molar-refractivity contribution is 5.85. The fourth-order valence-corrected chi connectivity index (χ4v) is 1.90. The Morgan fingerprint density at radius 2 is 1.27 bits per heavy atom. The quantitative estimate of drug-likeness (QED) is 0.394. The van der Waals surface area contributed by atoms with Crippen LogP contribution in [0.5, 0.6) is 0 Å². The van der Waals surface area contributed by atoms with Crippen molar-refractivity contribution in [3.8, 4) is 0 Å². The smallest absolute Gasteiger partial charge is 0.330 e. The number of nitrogens with one attached hydrogen (secondary N) is 2. The number of nitrogens with two attached hydrogens (primary N) is 3. The monoisotopic (exact) mass is 390 g/mol.